The second-order valence-corrected chi connectivity index (χ2v) is 14.6. The predicted octanol–water partition coefficient (Wildman–Crippen LogP) is 4.28. The lowest BCUT2D eigenvalue weighted by atomic mass is 9.97. The van der Waals surface area contributed by atoms with Crippen LogP contribution in [0.1, 0.15) is 48.0 Å². The molecular weight excluding hydrogens is 432 g/mol. The first-order valence-electron chi connectivity index (χ1n) is 11.7. The molecule has 2 aromatic carbocycles. The Morgan fingerprint density at radius 2 is 1.55 bits per heavy atom. The van der Waals surface area contributed by atoms with E-state index in [0.717, 1.165) is 0 Å². The quantitative estimate of drug-likeness (QED) is 0.447. The Kier molecular flexibility index (Phi) is 7.84. The normalized spacial score (nSPS) is 21.9. The van der Waals surface area contributed by atoms with E-state index >= 15 is 0 Å². The van der Waals surface area contributed by atoms with Crippen LogP contribution < -0.4 is 10.4 Å². The minimum absolute atomic E-state index is 0.116. The molecule has 1 heterocycles. The highest BCUT2D eigenvalue weighted by Crippen LogP contribution is 2.38. The first-order valence-corrected chi connectivity index (χ1v) is 13.6. The number of rotatable bonds is 7. The summed E-state index contributed by atoms with van der Waals surface area (Å²) in [6.45, 7) is 12.8. The van der Waals surface area contributed by atoms with Crippen molar-refractivity contribution in [3.8, 4) is 0 Å². The maximum atomic E-state index is 12.2. The van der Waals surface area contributed by atoms with Gasteiger partial charge in [-0.3, -0.25) is 4.79 Å². The van der Waals surface area contributed by atoms with Crippen LogP contribution in [-0.2, 0) is 23.4 Å². The van der Waals surface area contributed by atoms with Crippen LogP contribution in [0, 0.1) is 5.92 Å². The molecule has 2 aromatic rings. The van der Waals surface area contributed by atoms with Crippen molar-refractivity contribution in [2.75, 3.05) is 13.7 Å². The first-order chi connectivity index (χ1) is 15.5. The molecule has 0 spiro atoms. The highest BCUT2D eigenvalue weighted by Gasteiger charge is 2.51. The fourth-order valence-corrected chi connectivity index (χ4v) is 9.47. The SMILES string of the molecule is COC(=O)[C@H](C)[C@@H]1C[C@@H](CO[Si](c2ccccc2)(c2ccccc2)C(C)(C)C)OC(C)(C)O1. The molecule has 0 radical (unpaired) electrons. The first kappa shape index (κ1) is 25.6. The van der Waals surface area contributed by atoms with E-state index in [0.29, 0.717) is 13.0 Å². The molecule has 0 bridgehead atoms. The molecule has 6 heteroatoms. The Labute approximate surface area is 199 Å². The fourth-order valence-electron chi connectivity index (χ4n) is 4.87. The van der Waals surface area contributed by atoms with Crippen molar-refractivity contribution in [2.45, 2.75) is 71.0 Å². The number of hydrogen-bond donors (Lipinski definition) is 0. The summed E-state index contributed by atoms with van der Waals surface area (Å²) in [6, 6.07) is 21.1. The number of benzene rings is 2. The van der Waals surface area contributed by atoms with Gasteiger partial charge in [0.1, 0.15) is 0 Å². The molecule has 0 aromatic heterocycles. The van der Waals surface area contributed by atoms with Gasteiger partial charge < -0.3 is 18.6 Å². The zero-order chi connectivity index (χ0) is 24.3. The highest BCUT2D eigenvalue weighted by molar-refractivity contribution is 6.99. The summed E-state index contributed by atoms with van der Waals surface area (Å²) in [4.78, 5) is 12.2. The third-order valence-corrected chi connectivity index (χ3v) is 11.4. The lowest BCUT2D eigenvalue weighted by molar-refractivity contribution is -0.309. The van der Waals surface area contributed by atoms with Gasteiger partial charge in [0, 0.05) is 6.42 Å². The number of methoxy groups -OCH3 is 1. The Bertz CT molecular complexity index is 868. The minimum atomic E-state index is -2.67. The van der Waals surface area contributed by atoms with Crippen molar-refractivity contribution >= 4 is 24.7 Å². The van der Waals surface area contributed by atoms with Crippen molar-refractivity contribution in [1.29, 1.82) is 0 Å². The lowest BCUT2D eigenvalue weighted by Gasteiger charge is -2.46. The molecule has 1 aliphatic heterocycles. The van der Waals surface area contributed by atoms with Gasteiger partial charge >= 0.3 is 5.97 Å². The zero-order valence-electron chi connectivity index (χ0n) is 21.0. The molecular formula is C27H38O5Si. The number of esters is 1. The van der Waals surface area contributed by atoms with Gasteiger partial charge in [-0.15, -0.1) is 0 Å². The van der Waals surface area contributed by atoms with E-state index in [-0.39, 0.29) is 29.1 Å². The summed E-state index contributed by atoms with van der Waals surface area (Å²) >= 11 is 0. The number of carbonyl (C=O) groups is 1. The molecule has 0 amide bonds. The van der Waals surface area contributed by atoms with Gasteiger partial charge in [-0.2, -0.15) is 0 Å². The molecule has 5 nitrogen and oxygen atoms in total. The number of hydrogen-bond acceptors (Lipinski definition) is 5. The van der Waals surface area contributed by atoms with E-state index in [1.54, 1.807) is 0 Å². The molecule has 0 N–H and O–H groups in total. The van der Waals surface area contributed by atoms with Crippen molar-refractivity contribution in [3.05, 3.63) is 60.7 Å². The van der Waals surface area contributed by atoms with E-state index in [2.05, 4.69) is 69.3 Å². The maximum Gasteiger partial charge on any atom is 0.311 e. The Balaban J connectivity index is 1.95. The van der Waals surface area contributed by atoms with Crippen LogP contribution in [0.3, 0.4) is 0 Å². The molecule has 1 aliphatic rings. The van der Waals surface area contributed by atoms with Gasteiger partial charge in [-0.25, -0.2) is 0 Å². The average Bonchev–Trinajstić information content (AvgIpc) is 2.78. The van der Waals surface area contributed by atoms with Gasteiger partial charge in [0.2, 0.25) is 0 Å². The summed E-state index contributed by atoms with van der Waals surface area (Å²) < 4.78 is 24.4. The second kappa shape index (κ2) is 10.1. The molecule has 3 atom stereocenters. The molecule has 0 aliphatic carbocycles. The third-order valence-electron chi connectivity index (χ3n) is 6.41. The van der Waals surface area contributed by atoms with Crippen LogP contribution in [-0.4, -0.2) is 46.0 Å². The summed E-state index contributed by atoms with van der Waals surface area (Å²) in [7, 11) is -1.26. The van der Waals surface area contributed by atoms with E-state index in [9.17, 15) is 4.79 Å². The monoisotopic (exact) mass is 470 g/mol. The zero-order valence-corrected chi connectivity index (χ0v) is 22.0. The Morgan fingerprint density at radius 3 is 2.00 bits per heavy atom. The molecule has 0 unspecified atom stereocenters. The summed E-state index contributed by atoms with van der Waals surface area (Å²) in [6.07, 6.45) is 0.0687. The summed E-state index contributed by atoms with van der Waals surface area (Å²) in [5.74, 6) is -1.47. The third kappa shape index (κ3) is 5.57. The fraction of sp³-hybridized carbons (Fsp3) is 0.519. The van der Waals surface area contributed by atoms with Crippen LogP contribution in [0.4, 0.5) is 0 Å². The predicted molar refractivity (Wildman–Crippen MR) is 133 cm³/mol. The van der Waals surface area contributed by atoms with Crippen LogP contribution in [0.5, 0.6) is 0 Å². The standard InChI is InChI=1S/C27H38O5Si/c1-20(25(28)29-7)24-18-21(31-27(5,6)32-24)19-30-33(26(2,3)4,22-14-10-8-11-15-22)23-16-12-9-13-17-23/h8-17,20-21,24H,18-19H2,1-7H3/t20-,21+,24+/m1/s1. The Morgan fingerprint density at radius 1 is 1.03 bits per heavy atom. The topological polar surface area (TPSA) is 54.0 Å². The van der Waals surface area contributed by atoms with Gasteiger partial charge in [0.15, 0.2) is 5.79 Å². The molecule has 180 valence electrons. The largest absolute Gasteiger partial charge is 0.469 e. The van der Waals surface area contributed by atoms with Crippen LogP contribution in [0.25, 0.3) is 0 Å². The van der Waals surface area contributed by atoms with E-state index in [1.807, 2.05) is 32.9 Å². The van der Waals surface area contributed by atoms with Crippen LogP contribution >= 0.6 is 0 Å². The number of ether oxygens (including phenoxy) is 3. The van der Waals surface area contributed by atoms with Crippen molar-refractivity contribution in [1.82, 2.24) is 0 Å². The van der Waals surface area contributed by atoms with Gasteiger partial charge in [0.25, 0.3) is 8.32 Å². The second-order valence-electron chi connectivity index (χ2n) is 10.3. The molecule has 1 fully saturated rings. The van der Waals surface area contributed by atoms with E-state index in [1.165, 1.54) is 17.5 Å². The van der Waals surface area contributed by atoms with Crippen LogP contribution in [0.2, 0.25) is 5.04 Å². The molecule has 3 rings (SSSR count). The van der Waals surface area contributed by atoms with Crippen molar-refractivity contribution < 1.29 is 23.4 Å². The average molecular weight is 471 g/mol. The van der Waals surface area contributed by atoms with E-state index < -0.39 is 14.1 Å². The van der Waals surface area contributed by atoms with Gasteiger partial charge in [-0.1, -0.05) is 81.4 Å². The highest BCUT2D eigenvalue weighted by atomic mass is 28.4. The Hall–Kier alpha value is -1.99. The van der Waals surface area contributed by atoms with Crippen LogP contribution in [0.15, 0.2) is 60.7 Å². The number of carbonyl (C=O) groups excluding carboxylic acids is 1. The van der Waals surface area contributed by atoms with Crippen molar-refractivity contribution in [2.24, 2.45) is 5.92 Å². The molecule has 0 saturated carbocycles. The molecule has 33 heavy (non-hydrogen) atoms. The minimum Gasteiger partial charge on any atom is -0.469 e. The van der Waals surface area contributed by atoms with E-state index in [4.69, 9.17) is 18.6 Å². The van der Waals surface area contributed by atoms with Crippen molar-refractivity contribution in [3.63, 3.8) is 0 Å². The lowest BCUT2D eigenvalue weighted by Crippen LogP contribution is -2.67. The smallest absolute Gasteiger partial charge is 0.311 e. The van der Waals surface area contributed by atoms with Gasteiger partial charge in [0.05, 0.1) is 31.8 Å². The maximum absolute atomic E-state index is 12.2. The molecule has 1 saturated heterocycles. The van der Waals surface area contributed by atoms with Gasteiger partial charge in [-0.05, 0) is 36.2 Å². The summed E-state index contributed by atoms with van der Waals surface area (Å²) in [5, 5.41) is 2.35. The summed E-state index contributed by atoms with van der Waals surface area (Å²) in [5.41, 5.74) is 0.